The Morgan fingerprint density at radius 1 is 1.33 bits per heavy atom. The van der Waals surface area contributed by atoms with Crippen molar-refractivity contribution < 1.29 is 13.2 Å². The number of aryl methyl sites for hydroxylation is 1. The van der Waals surface area contributed by atoms with E-state index in [0.29, 0.717) is 25.9 Å². The molecule has 0 aromatic heterocycles. The summed E-state index contributed by atoms with van der Waals surface area (Å²) in [6, 6.07) is 6.26. The van der Waals surface area contributed by atoms with E-state index in [0.717, 1.165) is 5.56 Å². The van der Waals surface area contributed by atoms with Crippen molar-refractivity contribution in [3.63, 3.8) is 0 Å². The minimum atomic E-state index is -3.64. The topological polar surface area (TPSA) is 78.5 Å². The van der Waals surface area contributed by atoms with Gasteiger partial charge in [-0.15, -0.1) is 12.4 Å². The second-order valence-corrected chi connectivity index (χ2v) is 7.91. The second-order valence-electron chi connectivity index (χ2n) is 6.02. The first kappa shape index (κ1) is 20.9. The molecule has 1 amide bonds. The maximum absolute atomic E-state index is 12.8. The molecule has 8 heteroatoms. The predicted molar refractivity (Wildman–Crippen MR) is 96.9 cm³/mol. The number of halogens is 1. The third-order valence-electron chi connectivity index (χ3n) is 4.21. The number of carbonyl (C=O) groups excluding carboxylic acids is 1. The zero-order valence-corrected chi connectivity index (χ0v) is 15.9. The lowest BCUT2D eigenvalue weighted by molar-refractivity contribution is -0.124. The van der Waals surface area contributed by atoms with E-state index in [2.05, 4.69) is 10.6 Å². The van der Waals surface area contributed by atoms with Crippen LogP contribution in [0.1, 0.15) is 25.3 Å². The van der Waals surface area contributed by atoms with Crippen molar-refractivity contribution >= 4 is 28.3 Å². The minimum Gasteiger partial charge on any atom is -0.353 e. The number of nitrogens with one attached hydrogen (secondary N) is 2. The van der Waals surface area contributed by atoms with Gasteiger partial charge in [-0.1, -0.05) is 17.7 Å². The Bertz CT molecular complexity index is 649. The molecular formula is C16H26ClN3O3S. The molecule has 1 aliphatic heterocycles. The fourth-order valence-corrected chi connectivity index (χ4v) is 4.27. The van der Waals surface area contributed by atoms with E-state index < -0.39 is 16.1 Å². The standard InChI is InChI=1S/C16H25N3O3S.ClH/c1-12-6-8-14(9-7-12)23(21,22)19-10-4-5-15(19)16(20)18-11-13(2)17-3;/h6-9,13,15,17H,4-5,10-11H2,1-3H3,(H,18,20);1H. The molecule has 2 N–H and O–H groups in total. The van der Waals surface area contributed by atoms with Crippen LogP contribution in [0, 0.1) is 6.92 Å². The van der Waals surface area contributed by atoms with E-state index in [9.17, 15) is 13.2 Å². The van der Waals surface area contributed by atoms with Gasteiger partial charge in [-0.3, -0.25) is 4.79 Å². The Morgan fingerprint density at radius 2 is 1.96 bits per heavy atom. The van der Waals surface area contributed by atoms with Crippen molar-refractivity contribution in [2.45, 2.75) is 43.7 Å². The molecule has 2 atom stereocenters. The van der Waals surface area contributed by atoms with Gasteiger partial charge in [0.1, 0.15) is 6.04 Å². The number of sulfonamides is 1. The van der Waals surface area contributed by atoms with E-state index in [1.165, 1.54) is 4.31 Å². The fourth-order valence-electron chi connectivity index (χ4n) is 2.61. The van der Waals surface area contributed by atoms with E-state index >= 15 is 0 Å². The Balaban J connectivity index is 0.00000288. The summed E-state index contributed by atoms with van der Waals surface area (Å²) < 4.78 is 26.9. The molecule has 0 aliphatic carbocycles. The molecule has 1 heterocycles. The highest BCUT2D eigenvalue weighted by Crippen LogP contribution is 2.26. The summed E-state index contributed by atoms with van der Waals surface area (Å²) in [7, 11) is -1.82. The smallest absolute Gasteiger partial charge is 0.243 e. The Hall–Kier alpha value is -1.15. The molecule has 2 unspecified atom stereocenters. The van der Waals surface area contributed by atoms with Gasteiger partial charge >= 0.3 is 0 Å². The Labute approximate surface area is 150 Å². The van der Waals surface area contributed by atoms with E-state index in [4.69, 9.17) is 0 Å². The highest BCUT2D eigenvalue weighted by atomic mass is 35.5. The van der Waals surface area contributed by atoms with E-state index in [-0.39, 0.29) is 29.3 Å². The monoisotopic (exact) mass is 375 g/mol. The highest BCUT2D eigenvalue weighted by Gasteiger charge is 2.39. The van der Waals surface area contributed by atoms with Crippen LogP contribution >= 0.6 is 12.4 Å². The van der Waals surface area contributed by atoms with Crippen LogP contribution in [0.25, 0.3) is 0 Å². The normalized spacial score (nSPS) is 19.5. The number of carbonyl (C=O) groups is 1. The van der Waals surface area contributed by atoms with E-state index in [1.54, 1.807) is 24.3 Å². The van der Waals surface area contributed by atoms with Gasteiger partial charge in [-0.25, -0.2) is 8.42 Å². The minimum absolute atomic E-state index is 0. The number of hydrogen-bond acceptors (Lipinski definition) is 4. The summed E-state index contributed by atoms with van der Waals surface area (Å²) >= 11 is 0. The first-order chi connectivity index (χ1) is 10.9. The molecule has 0 radical (unpaired) electrons. The van der Waals surface area contributed by atoms with Crippen LogP contribution in [0.5, 0.6) is 0 Å². The van der Waals surface area contributed by atoms with Gasteiger partial charge in [-0.2, -0.15) is 4.31 Å². The quantitative estimate of drug-likeness (QED) is 0.785. The fraction of sp³-hybridized carbons (Fsp3) is 0.562. The first-order valence-electron chi connectivity index (χ1n) is 7.89. The predicted octanol–water partition coefficient (Wildman–Crippen LogP) is 1.29. The van der Waals surface area contributed by atoms with Gasteiger partial charge in [0.25, 0.3) is 0 Å². The van der Waals surface area contributed by atoms with Crippen molar-refractivity contribution in [3.05, 3.63) is 29.8 Å². The number of amides is 1. The molecule has 0 spiro atoms. The van der Waals surface area contributed by atoms with Crippen molar-refractivity contribution in [2.24, 2.45) is 0 Å². The van der Waals surface area contributed by atoms with Crippen LogP contribution in [0.3, 0.4) is 0 Å². The lowest BCUT2D eigenvalue weighted by Gasteiger charge is -2.24. The van der Waals surface area contributed by atoms with Crippen LogP contribution in [-0.2, 0) is 14.8 Å². The zero-order chi connectivity index (χ0) is 17.0. The largest absolute Gasteiger partial charge is 0.353 e. The molecule has 0 bridgehead atoms. The summed E-state index contributed by atoms with van der Waals surface area (Å²) in [5.74, 6) is -0.222. The van der Waals surface area contributed by atoms with Crippen LogP contribution in [0.15, 0.2) is 29.2 Å². The average Bonchev–Trinajstić information content (AvgIpc) is 3.03. The molecule has 136 valence electrons. The van der Waals surface area contributed by atoms with Gasteiger partial charge in [0.2, 0.25) is 15.9 Å². The van der Waals surface area contributed by atoms with Gasteiger partial charge in [0.15, 0.2) is 0 Å². The summed E-state index contributed by atoms with van der Waals surface area (Å²) in [5, 5.41) is 5.87. The molecule has 1 saturated heterocycles. The van der Waals surface area contributed by atoms with Crippen LogP contribution < -0.4 is 10.6 Å². The summed E-state index contributed by atoms with van der Waals surface area (Å²) in [5.41, 5.74) is 1.00. The van der Waals surface area contributed by atoms with Gasteiger partial charge in [-0.05, 0) is 45.9 Å². The van der Waals surface area contributed by atoms with Crippen LogP contribution in [-0.4, -0.2) is 50.9 Å². The Morgan fingerprint density at radius 3 is 2.54 bits per heavy atom. The number of hydrogen-bond donors (Lipinski definition) is 2. The molecule has 1 aliphatic rings. The molecule has 1 aromatic rings. The average molecular weight is 376 g/mol. The molecule has 2 rings (SSSR count). The van der Waals surface area contributed by atoms with Crippen molar-refractivity contribution in [3.8, 4) is 0 Å². The third kappa shape index (κ3) is 4.69. The highest BCUT2D eigenvalue weighted by molar-refractivity contribution is 7.89. The first-order valence-corrected chi connectivity index (χ1v) is 9.33. The van der Waals surface area contributed by atoms with Crippen molar-refractivity contribution in [1.29, 1.82) is 0 Å². The zero-order valence-electron chi connectivity index (χ0n) is 14.3. The molecular weight excluding hydrogens is 350 g/mol. The summed E-state index contributed by atoms with van der Waals surface area (Å²) in [6.45, 7) is 4.72. The Kier molecular flexibility index (Phi) is 7.66. The summed E-state index contributed by atoms with van der Waals surface area (Å²) in [4.78, 5) is 12.6. The van der Waals surface area contributed by atoms with Crippen molar-refractivity contribution in [1.82, 2.24) is 14.9 Å². The second kappa shape index (κ2) is 8.80. The lowest BCUT2D eigenvalue weighted by Crippen LogP contribution is -2.48. The van der Waals surface area contributed by atoms with E-state index in [1.807, 2.05) is 20.9 Å². The molecule has 1 aromatic carbocycles. The maximum Gasteiger partial charge on any atom is 0.243 e. The molecule has 0 saturated carbocycles. The number of benzene rings is 1. The van der Waals surface area contributed by atoms with Crippen LogP contribution in [0.4, 0.5) is 0 Å². The molecule has 6 nitrogen and oxygen atoms in total. The van der Waals surface area contributed by atoms with Crippen LogP contribution in [0.2, 0.25) is 0 Å². The summed E-state index contributed by atoms with van der Waals surface area (Å²) in [6.07, 6.45) is 1.26. The number of likely N-dealkylation sites (N-methyl/N-ethyl adjacent to an activating group) is 1. The lowest BCUT2D eigenvalue weighted by atomic mass is 10.2. The number of nitrogens with zero attached hydrogens (tertiary/aromatic N) is 1. The van der Waals surface area contributed by atoms with Crippen molar-refractivity contribution in [2.75, 3.05) is 20.1 Å². The maximum atomic E-state index is 12.8. The SMILES string of the molecule is CNC(C)CNC(=O)C1CCCN1S(=O)(=O)c1ccc(C)cc1.Cl. The van der Waals surface area contributed by atoms with Gasteiger partial charge in [0.05, 0.1) is 4.90 Å². The molecule has 24 heavy (non-hydrogen) atoms. The third-order valence-corrected chi connectivity index (χ3v) is 6.13. The van der Waals surface area contributed by atoms with Gasteiger partial charge in [0, 0.05) is 19.1 Å². The van der Waals surface area contributed by atoms with Gasteiger partial charge < -0.3 is 10.6 Å². The molecule has 1 fully saturated rings. The number of rotatable bonds is 6.